The van der Waals surface area contributed by atoms with Gasteiger partial charge in [0, 0.05) is 48.7 Å². The Morgan fingerprint density at radius 1 is 0.262 bits per heavy atom. The van der Waals surface area contributed by atoms with Gasteiger partial charge in [-0.15, -0.1) is 0 Å². The maximum absolute atomic E-state index is 6.88. The molecule has 6 heteroatoms. The summed E-state index contributed by atoms with van der Waals surface area (Å²) in [7, 11) is 0. The zero-order valence-corrected chi connectivity index (χ0v) is 46.2. The number of unbranched alkanes of at least 4 members (excludes halogenated alkanes) is 2. The maximum atomic E-state index is 6.88. The Hall–Kier alpha value is -10.6. The molecule has 0 aliphatic carbocycles. The lowest BCUT2D eigenvalue weighted by atomic mass is 9.91. The van der Waals surface area contributed by atoms with Gasteiger partial charge < -0.3 is 26.5 Å². The maximum Gasteiger partial charge on any atom is 0.147 e. The van der Waals surface area contributed by atoms with Crippen LogP contribution in [0.4, 0.5) is 0 Å². The average Bonchev–Trinajstić information content (AvgIpc) is 1.86. The van der Waals surface area contributed by atoms with Crippen molar-refractivity contribution in [3.8, 4) is 55.6 Å². The second kappa shape index (κ2) is 19.0. The summed E-state index contributed by atoms with van der Waals surface area (Å²) in [5.41, 5.74) is 20.9. The van der Waals surface area contributed by atoms with Gasteiger partial charge in [0.15, 0.2) is 0 Å². The minimum Gasteiger partial charge on any atom is -0.456 e. The van der Waals surface area contributed by atoms with Crippen molar-refractivity contribution in [3.63, 3.8) is 0 Å². The molecule has 0 saturated heterocycles. The Morgan fingerprint density at radius 2 is 0.607 bits per heavy atom. The van der Waals surface area contributed by atoms with E-state index < -0.39 is 0 Å². The van der Waals surface area contributed by atoms with Gasteiger partial charge in [-0.25, -0.2) is 0 Å². The number of benzene rings is 11. The van der Waals surface area contributed by atoms with E-state index in [-0.39, 0.29) is 0 Å². The summed E-state index contributed by atoms with van der Waals surface area (Å²) >= 11 is 0. The van der Waals surface area contributed by atoms with Crippen LogP contribution in [0.25, 0.3) is 188 Å². The van der Waals surface area contributed by atoms with Crippen molar-refractivity contribution in [1.82, 2.24) is 0 Å². The van der Waals surface area contributed by atoms with E-state index in [1.54, 1.807) is 0 Å². The first kappa shape index (κ1) is 48.2. The predicted octanol–water partition coefficient (Wildman–Crippen LogP) is 23.9. The lowest BCUT2D eigenvalue weighted by Gasteiger charge is -2.12. The molecule has 0 amide bonds. The summed E-state index contributed by atoms with van der Waals surface area (Å²) in [4.78, 5) is 0. The molecule has 17 aromatic rings. The minimum atomic E-state index is 0.779. The fraction of sp³-hybridized carbons (Fsp3) is 0.0769. The highest BCUT2D eigenvalue weighted by Crippen LogP contribution is 2.46. The van der Waals surface area contributed by atoms with Gasteiger partial charge in [-0.3, -0.25) is 0 Å². The van der Waals surface area contributed by atoms with Gasteiger partial charge in [0.1, 0.15) is 67.2 Å². The first-order chi connectivity index (χ1) is 41.5. The van der Waals surface area contributed by atoms with Crippen LogP contribution in [0.3, 0.4) is 0 Å². The van der Waals surface area contributed by atoms with Crippen molar-refractivity contribution in [3.05, 3.63) is 230 Å². The van der Waals surface area contributed by atoms with Crippen molar-refractivity contribution in [2.75, 3.05) is 0 Å². The van der Waals surface area contributed by atoms with Gasteiger partial charge in [-0.2, -0.15) is 0 Å². The van der Waals surface area contributed by atoms with Crippen LogP contribution >= 0.6 is 0 Å². The molecule has 17 rings (SSSR count). The molecule has 0 unspecified atom stereocenters. The highest BCUT2D eigenvalue weighted by atomic mass is 16.4. The van der Waals surface area contributed by atoms with Crippen molar-refractivity contribution in [1.29, 1.82) is 0 Å². The van der Waals surface area contributed by atoms with Crippen LogP contribution in [0, 0.1) is 0 Å². The van der Waals surface area contributed by atoms with Crippen molar-refractivity contribution in [2.45, 2.75) is 39.5 Å². The lowest BCUT2D eigenvalue weighted by molar-refractivity contribution is 0.605. The normalized spacial score (nSPS) is 12.5. The largest absolute Gasteiger partial charge is 0.456 e. The second-order valence-electron chi connectivity index (χ2n) is 22.3. The molecule has 11 aromatic carbocycles. The highest BCUT2D eigenvalue weighted by Gasteiger charge is 2.23. The third-order valence-electron chi connectivity index (χ3n) is 17.1. The average molecular weight is 1090 g/mol. The zero-order valence-electron chi connectivity index (χ0n) is 46.2. The van der Waals surface area contributed by atoms with Gasteiger partial charge in [0.05, 0.1) is 16.2 Å². The van der Waals surface area contributed by atoms with Crippen molar-refractivity contribution >= 4 is 133 Å². The molecule has 0 radical (unpaired) electrons. The van der Waals surface area contributed by atoms with Crippen LogP contribution in [0.2, 0.25) is 0 Å². The summed E-state index contributed by atoms with van der Waals surface area (Å²) in [6.45, 7) is 4.40. The molecule has 0 aliphatic rings. The van der Waals surface area contributed by atoms with Gasteiger partial charge >= 0.3 is 0 Å². The van der Waals surface area contributed by atoms with E-state index in [2.05, 4.69) is 232 Å². The van der Waals surface area contributed by atoms with E-state index in [1.165, 1.54) is 0 Å². The standard InChI is InChI=1S/C78H52O6/c1-3-5-9-19-55-56-26-34-70-73(76(56)82-64(55)20-10-6-4-2)61-42-49(23-31-67(61)79-70)52-37-53(50-24-32-68-62(43-50)74-71(80-68)35-27-57-59-40-47(45-15-11-7-12-16-45)21-29-65(59)83-77(57)74)39-54(38-52)51-25-33-69-63(44-51)75-72(81-69)36-28-58-60-41-48(46-17-13-8-14-18-46)22-30-66(60)84-78(58)75/h7-44H,3-6H2,1-2H3/b19-9+,20-10-. The molecule has 84 heavy (non-hydrogen) atoms. The number of furan rings is 6. The Balaban J connectivity index is 0.860. The van der Waals surface area contributed by atoms with Gasteiger partial charge in [0.25, 0.3) is 0 Å². The molecule has 400 valence electrons. The SMILES string of the molecule is CCC/C=C\c1oc2c(ccc3oc4ccc(-c5cc(-c6ccc7oc8ccc9c%10cc(-c%11ccccc%11)ccc%10oc9c8c7c6)cc(-c6ccc7oc8ccc9c%10cc(-c%11ccccc%11)ccc%10oc9c8c7c6)c5)cc4c32)c1/C=C/CCC. The van der Waals surface area contributed by atoms with E-state index in [0.29, 0.717) is 0 Å². The summed E-state index contributed by atoms with van der Waals surface area (Å²) in [5.74, 6) is 0.863. The number of hydrogen-bond donors (Lipinski definition) is 0. The zero-order chi connectivity index (χ0) is 55.6. The molecule has 0 bridgehead atoms. The van der Waals surface area contributed by atoms with Crippen LogP contribution in [-0.2, 0) is 0 Å². The monoisotopic (exact) mass is 1080 g/mol. The molecule has 6 heterocycles. The molecule has 0 aliphatic heterocycles. The number of rotatable bonds is 11. The highest BCUT2D eigenvalue weighted by molar-refractivity contribution is 6.25. The first-order valence-corrected chi connectivity index (χ1v) is 29.1. The molecule has 0 N–H and O–H groups in total. The second-order valence-corrected chi connectivity index (χ2v) is 22.3. The smallest absolute Gasteiger partial charge is 0.147 e. The van der Waals surface area contributed by atoms with Crippen LogP contribution < -0.4 is 0 Å². The third-order valence-corrected chi connectivity index (χ3v) is 17.1. The topological polar surface area (TPSA) is 78.8 Å². The van der Waals surface area contributed by atoms with Gasteiger partial charge in [-0.05, 0) is 190 Å². The van der Waals surface area contributed by atoms with E-state index >= 15 is 0 Å². The van der Waals surface area contributed by atoms with Crippen LogP contribution in [0.1, 0.15) is 50.9 Å². The Kier molecular flexibility index (Phi) is 10.9. The summed E-state index contributed by atoms with van der Waals surface area (Å²) in [6.07, 6.45) is 12.9. The molecule has 0 spiro atoms. The quantitative estimate of drug-likeness (QED) is 0.128. The minimum absolute atomic E-state index is 0.779. The molecular formula is C78H52O6. The van der Waals surface area contributed by atoms with E-state index in [9.17, 15) is 0 Å². The fourth-order valence-electron chi connectivity index (χ4n) is 13.0. The van der Waals surface area contributed by atoms with Crippen molar-refractivity contribution < 1.29 is 26.5 Å². The van der Waals surface area contributed by atoms with Crippen LogP contribution in [0.15, 0.2) is 245 Å². The number of hydrogen-bond acceptors (Lipinski definition) is 6. The van der Waals surface area contributed by atoms with Crippen LogP contribution in [0.5, 0.6) is 0 Å². The summed E-state index contributed by atoms with van der Waals surface area (Å²) < 4.78 is 40.4. The van der Waals surface area contributed by atoms with E-state index in [1.807, 2.05) is 12.1 Å². The fourth-order valence-corrected chi connectivity index (χ4v) is 13.0. The molecule has 6 aromatic heterocycles. The van der Waals surface area contributed by atoms with Gasteiger partial charge in [0.2, 0.25) is 0 Å². The number of allylic oxidation sites excluding steroid dienone is 2. The van der Waals surface area contributed by atoms with Crippen molar-refractivity contribution in [2.24, 2.45) is 0 Å². The molecule has 0 fully saturated rings. The van der Waals surface area contributed by atoms with E-state index in [0.717, 1.165) is 213 Å². The Morgan fingerprint density at radius 3 is 1.02 bits per heavy atom. The first-order valence-electron chi connectivity index (χ1n) is 29.1. The van der Waals surface area contributed by atoms with E-state index in [4.69, 9.17) is 26.5 Å². The molecule has 0 atom stereocenters. The summed E-state index contributed by atoms with van der Waals surface area (Å²) in [5, 5.41) is 11.2. The molecular weight excluding hydrogens is 1030 g/mol. The predicted molar refractivity (Wildman–Crippen MR) is 348 cm³/mol. The Bertz CT molecular complexity index is 5320. The molecule has 0 saturated carbocycles. The number of fused-ring (bicyclic) bond motifs is 19. The van der Waals surface area contributed by atoms with Gasteiger partial charge in [-0.1, -0.05) is 136 Å². The van der Waals surface area contributed by atoms with Crippen LogP contribution in [-0.4, -0.2) is 0 Å². The lowest BCUT2D eigenvalue weighted by Crippen LogP contribution is -1.87. The molecule has 6 nitrogen and oxygen atoms in total. The Labute approximate surface area is 481 Å². The third kappa shape index (κ3) is 7.64. The summed E-state index contributed by atoms with van der Waals surface area (Å²) in [6, 6.07) is 73.1.